The van der Waals surface area contributed by atoms with Crippen LogP contribution in [0.5, 0.6) is 0 Å². The van der Waals surface area contributed by atoms with Crippen LogP contribution in [0, 0.1) is 0 Å². The first kappa shape index (κ1) is 10.2. The fourth-order valence-corrected chi connectivity index (χ4v) is 1.95. The second kappa shape index (κ2) is 3.81. The molecule has 0 bridgehead atoms. The van der Waals surface area contributed by atoms with Gasteiger partial charge in [0.1, 0.15) is 4.60 Å². The molecule has 0 aliphatic rings. The zero-order valence-corrected chi connectivity index (χ0v) is 10.2. The van der Waals surface area contributed by atoms with Crippen LogP contribution < -0.4 is 5.56 Å². The van der Waals surface area contributed by atoms with Crippen molar-refractivity contribution < 1.29 is 0 Å². The van der Waals surface area contributed by atoms with Crippen LogP contribution >= 0.6 is 15.9 Å². The molecule has 3 rings (SSSR count). The Morgan fingerprint density at radius 2 is 2.06 bits per heavy atom. The number of hydrogen-bond donors (Lipinski definition) is 1. The highest BCUT2D eigenvalue weighted by molar-refractivity contribution is 9.10. The summed E-state index contributed by atoms with van der Waals surface area (Å²) in [5.74, 6) is 0. The third-order valence-electron chi connectivity index (χ3n) is 2.36. The van der Waals surface area contributed by atoms with Crippen molar-refractivity contribution in [2.75, 3.05) is 0 Å². The highest BCUT2D eigenvalue weighted by atomic mass is 79.9. The van der Waals surface area contributed by atoms with Crippen LogP contribution in [0.15, 0.2) is 45.9 Å². The van der Waals surface area contributed by atoms with Crippen molar-refractivity contribution in [2.24, 2.45) is 0 Å². The van der Waals surface area contributed by atoms with E-state index in [9.17, 15) is 4.79 Å². The number of pyridine rings is 1. The lowest BCUT2D eigenvalue weighted by molar-refractivity contribution is 0.900. The molecule has 3 aromatic rings. The second-order valence-corrected chi connectivity index (χ2v) is 4.29. The molecule has 84 valence electrons. The van der Waals surface area contributed by atoms with Crippen molar-refractivity contribution in [3.8, 4) is 11.4 Å². The van der Waals surface area contributed by atoms with E-state index in [2.05, 4.69) is 31.0 Å². The van der Waals surface area contributed by atoms with E-state index in [1.54, 1.807) is 12.3 Å². The Bertz CT molecular complexity index is 746. The zero-order chi connectivity index (χ0) is 11.8. The minimum Gasteiger partial charge on any atom is -0.297 e. The molecule has 0 radical (unpaired) electrons. The molecule has 0 aliphatic carbocycles. The van der Waals surface area contributed by atoms with Gasteiger partial charge in [-0.25, -0.2) is 14.5 Å². The van der Waals surface area contributed by atoms with E-state index in [0.29, 0.717) is 21.6 Å². The third-order valence-corrected chi connectivity index (χ3v) is 2.80. The molecule has 17 heavy (non-hydrogen) atoms. The third kappa shape index (κ3) is 1.76. The summed E-state index contributed by atoms with van der Waals surface area (Å²) in [7, 11) is 0. The lowest BCUT2D eigenvalue weighted by Gasteiger charge is -2.00. The maximum Gasteiger partial charge on any atom is 0.273 e. The first-order valence-corrected chi connectivity index (χ1v) is 5.73. The van der Waals surface area contributed by atoms with Crippen LogP contribution in [0.4, 0.5) is 0 Å². The Kier molecular flexibility index (Phi) is 2.29. The molecule has 6 heteroatoms. The van der Waals surface area contributed by atoms with Gasteiger partial charge in [0, 0.05) is 18.3 Å². The maximum atomic E-state index is 11.8. The van der Waals surface area contributed by atoms with Crippen LogP contribution in [0.1, 0.15) is 0 Å². The van der Waals surface area contributed by atoms with Crippen molar-refractivity contribution in [2.45, 2.75) is 0 Å². The Labute approximate surface area is 104 Å². The van der Waals surface area contributed by atoms with Crippen molar-refractivity contribution in [3.05, 3.63) is 51.5 Å². The molecule has 0 atom stereocenters. The van der Waals surface area contributed by atoms with Gasteiger partial charge < -0.3 is 0 Å². The van der Waals surface area contributed by atoms with E-state index >= 15 is 0 Å². The maximum absolute atomic E-state index is 11.8. The second-order valence-electron chi connectivity index (χ2n) is 3.48. The monoisotopic (exact) mass is 290 g/mol. The van der Waals surface area contributed by atoms with E-state index in [1.165, 1.54) is 10.6 Å². The lowest BCUT2D eigenvalue weighted by atomic mass is 10.2. The number of hydrogen-bond acceptors (Lipinski definition) is 3. The summed E-state index contributed by atoms with van der Waals surface area (Å²) in [5, 5.41) is 2.79. The Balaban J connectivity index is 2.27. The van der Waals surface area contributed by atoms with Gasteiger partial charge in [-0.2, -0.15) is 0 Å². The van der Waals surface area contributed by atoms with Crippen LogP contribution in [0.2, 0.25) is 0 Å². The smallest absolute Gasteiger partial charge is 0.273 e. The molecule has 3 aromatic heterocycles. The molecule has 5 nitrogen and oxygen atoms in total. The van der Waals surface area contributed by atoms with Crippen LogP contribution in [-0.2, 0) is 0 Å². The van der Waals surface area contributed by atoms with E-state index in [4.69, 9.17) is 0 Å². The Morgan fingerprint density at radius 1 is 1.18 bits per heavy atom. The van der Waals surface area contributed by atoms with Gasteiger partial charge in [0.25, 0.3) is 5.56 Å². The molecule has 0 aromatic carbocycles. The molecule has 0 aliphatic heterocycles. The van der Waals surface area contributed by atoms with Gasteiger partial charge in [0.15, 0.2) is 5.65 Å². The van der Waals surface area contributed by atoms with E-state index in [-0.39, 0.29) is 5.56 Å². The molecule has 0 saturated carbocycles. The van der Waals surface area contributed by atoms with Crippen molar-refractivity contribution >= 4 is 21.6 Å². The van der Waals surface area contributed by atoms with Gasteiger partial charge in [-0.05, 0) is 28.1 Å². The van der Waals surface area contributed by atoms with Crippen LogP contribution in [0.25, 0.3) is 17.0 Å². The van der Waals surface area contributed by atoms with E-state index in [1.807, 2.05) is 18.2 Å². The quantitative estimate of drug-likeness (QED) is 0.696. The summed E-state index contributed by atoms with van der Waals surface area (Å²) in [5.41, 5.74) is 1.65. The molecule has 1 N–H and O–H groups in total. The minimum atomic E-state index is -0.156. The predicted octanol–water partition coefficient (Wildman–Crippen LogP) is 1.85. The van der Waals surface area contributed by atoms with Crippen LogP contribution in [-0.4, -0.2) is 19.6 Å². The van der Waals surface area contributed by atoms with Gasteiger partial charge >= 0.3 is 0 Å². The van der Waals surface area contributed by atoms with Gasteiger partial charge in [-0.15, -0.1) is 0 Å². The molecule has 3 heterocycles. The molecule has 0 unspecified atom stereocenters. The van der Waals surface area contributed by atoms with Gasteiger partial charge in [0.2, 0.25) is 0 Å². The Hall–Kier alpha value is -1.95. The molecule has 0 fully saturated rings. The zero-order valence-electron chi connectivity index (χ0n) is 8.59. The number of rotatable bonds is 1. The minimum absolute atomic E-state index is 0.156. The number of halogens is 1. The number of aromatic amines is 1. The number of fused-ring (bicyclic) bond motifs is 1. The van der Waals surface area contributed by atoms with E-state index in [0.717, 1.165) is 0 Å². The van der Waals surface area contributed by atoms with Crippen LogP contribution in [0.3, 0.4) is 0 Å². The number of nitrogens with one attached hydrogen (secondary N) is 1. The van der Waals surface area contributed by atoms with Gasteiger partial charge in [0.05, 0.1) is 11.4 Å². The molecule has 0 spiro atoms. The molecule has 0 amide bonds. The first-order chi connectivity index (χ1) is 8.24. The van der Waals surface area contributed by atoms with Gasteiger partial charge in [-0.1, -0.05) is 6.07 Å². The fourth-order valence-electron chi connectivity index (χ4n) is 1.61. The number of nitrogens with zero attached hydrogens (tertiary/aromatic N) is 3. The summed E-state index contributed by atoms with van der Waals surface area (Å²) in [6.45, 7) is 0. The highest BCUT2D eigenvalue weighted by Gasteiger charge is 2.06. The molecular weight excluding hydrogens is 284 g/mol. The summed E-state index contributed by atoms with van der Waals surface area (Å²) in [4.78, 5) is 20.4. The summed E-state index contributed by atoms with van der Waals surface area (Å²) < 4.78 is 2.09. The van der Waals surface area contributed by atoms with Crippen molar-refractivity contribution in [3.63, 3.8) is 0 Å². The summed E-state index contributed by atoms with van der Waals surface area (Å²) >= 11 is 3.29. The lowest BCUT2D eigenvalue weighted by Crippen LogP contribution is -2.14. The average Bonchev–Trinajstić information content (AvgIpc) is 2.77. The normalized spacial score (nSPS) is 10.9. The Morgan fingerprint density at radius 3 is 2.88 bits per heavy atom. The number of H-pyrrole nitrogens is 1. The number of aromatic nitrogens is 4. The largest absolute Gasteiger partial charge is 0.297 e. The molecular formula is C11H7BrN4O. The van der Waals surface area contributed by atoms with Gasteiger partial charge in [-0.3, -0.25) is 9.89 Å². The standard InChI is InChI=1S/C11H7BrN4O/c12-9-3-1-2-7(14-9)8-6-11(17)16-10(15-8)4-5-13-16/h1-6,13H. The molecule has 0 saturated heterocycles. The fraction of sp³-hybridized carbons (Fsp3) is 0. The van der Waals surface area contributed by atoms with E-state index < -0.39 is 0 Å². The van der Waals surface area contributed by atoms with Crippen molar-refractivity contribution in [1.29, 1.82) is 0 Å². The highest BCUT2D eigenvalue weighted by Crippen LogP contribution is 2.16. The average molecular weight is 291 g/mol. The van der Waals surface area contributed by atoms with Crippen molar-refractivity contribution in [1.82, 2.24) is 19.6 Å². The topological polar surface area (TPSA) is 63.0 Å². The first-order valence-electron chi connectivity index (χ1n) is 4.94. The summed E-state index contributed by atoms with van der Waals surface area (Å²) in [6, 6.07) is 8.69. The predicted molar refractivity (Wildman–Crippen MR) is 66.7 cm³/mol. The summed E-state index contributed by atoms with van der Waals surface area (Å²) in [6.07, 6.45) is 1.67. The SMILES string of the molecule is O=c1cc(-c2cccc(Br)n2)nc2cc[nH]n12.